The first-order valence-corrected chi connectivity index (χ1v) is 10.3. The number of amides is 1. The Hall–Kier alpha value is -3.19. The molecule has 0 saturated carbocycles. The minimum Gasteiger partial charge on any atom is -0.484 e. The van der Waals surface area contributed by atoms with Crippen molar-refractivity contribution in [1.82, 2.24) is 9.21 Å². The van der Waals surface area contributed by atoms with Gasteiger partial charge >= 0.3 is 5.69 Å². The largest absolute Gasteiger partial charge is 0.484 e. The number of rotatable bonds is 6. The summed E-state index contributed by atoms with van der Waals surface area (Å²) in [5.41, 5.74) is -0.731. The van der Waals surface area contributed by atoms with Crippen molar-refractivity contribution in [2.45, 2.75) is 4.90 Å². The van der Waals surface area contributed by atoms with E-state index < -0.39 is 55.5 Å². The van der Waals surface area contributed by atoms with Gasteiger partial charge in [0.15, 0.2) is 6.61 Å². The van der Waals surface area contributed by atoms with Crippen LogP contribution in [0, 0.1) is 27.6 Å². The number of nitro groups is 1. The van der Waals surface area contributed by atoms with Crippen LogP contribution in [0.1, 0.15) is 0 Å². The van der Waals surface area contributed by atoms with Crippen LogP contribution in [-0.2, 0) is 14.8 Å². The van der Waals surface area contributed by atoms with Gasteiger partial charge in [-0.2, -0.15) is 8.70 Å². The summed E-state index contributed by atoms with van der Waals surface area (Å²) >= 11 is 0. The molecule has 0 atom stereocenters. The zero-order chi connectivity index (χ0) is 22.8. The highest BCUT2D eigenvalue weighted by atomic mass is 32.2. The summed E-state index contributed by atoms with van der Waals surface area (Å²) in [5.74, 6) is -3.69. The molecule has 0 aromatic heterocycles. The quantitative estimate of drug-likeness (QED) is 0.482. The molecular weight excluding hydrogens is 443 g/mol. The van der Waals surface area contributed by atoms with Crippen LogP contribution in [-0.4, -0.2) is 61.2 Å². The number of nitrogens with zero attached hydrogens (tertiary/aromatic N) is 3. The standard InChI is InChI=1S/C18H16F3N3O6S/c19-12-1-3-14(20)17(9-12)31(28,29)23-7-5-22(6-8-23)18(25)11-30-13-2-4-16(24(26)27)15(21)10-13/h1-4,9-10H,5-8,11H2. The van der Waals surface area contributed by atoms with Crippen molar-refractivity contribution < 1.29 is 36.0 Å². The fourth-order valence-electron chi connectivity index (χ4n) is 2.95. The summed E-state index contributed by atoms with van der Waals surface area (Å²) in [6.45, 7) is -0.825. The molecule has 0 spiro atoms. The van der Waals surface area contributed by atoms with E-state index in [0.29, 0.717) is 6.07 Å². The highest BCUT2D eigenvalue weighted by Gasteiger charge is 2.32. The smallest absolute Gasteiger partial charge is 0.305 e. The van der Waals surface area contributed by atoms with Crippen LogP contribution in [0.5, 0.6) is 5.75 Å². The lowest BCUT2D eigenvalue weighted by Crippen LogP contribution is -2.51. The molecule has 3 rings (SSSR count). The fourth-order valence-corrected chi connectivity index (χ4v) is 4.45. The van der Waals surface area contributed by atoms with Gasteiger partial charge in [-0.3, -0.25) is 14.9 Å². The molecule has 0 radical (unpaired) electrons. The maximum atomic E-state index is 13.9. The molecule has 166 valence electrons. The van der Waals surface area contributed by atoms with E-state index in [1.807, 2.05) is 0 Å². The first-order valence-electron chi connectivity index (χ1n) is 8.89. The van der Waals surface area contributed by atoms with Gasteiger partial charge in [0, 0.05) is 38.3 Å². The second-order valence-electron chi connectivity index (χ2n) is 6.52. The minimum atomic E-state index is -4.28. The van der Waals surface area contributed by atoms with Gasteiger partial charge in [0.2, 0.25) is 15.8 Å². The highest BCUT2D eigenvalue weighted by Crippen LogP contribution is 2.23. The number of piperazine rings is 1. The Balaban J connectivity index is 1.58. The predicted molar refractivity (Wildman–Crippen MR) is 100 cm³/mol. The average molecular weight is 459 g/mol. The lowest BCUT2D eigenvalue weighted by molar-refractivity contribution is -0.387. The Labute approximate surface area is 174 Å². The molecule has 0 bridgehead atoms. The maximum absolute atomic E-state index is 13.9. The monoisotopic (exact) mass is 459 g/mol. The molecule has 0 N–H and O–H groups in total. The summed E-state index contributed by atoms with van der Waals surface area (Å²) in [6.07, 6.45) is 0. The zero-order valence-electron chi connectivity index (χ0n) is 15.8. The van der Waals surface area contributed by atoms with Crippen molar-refractivity contribution in [3.05, 3.63) is 64.0 Å². The SMILES string of the molecule is O=C(COc1ccc([N+](=O)[O-])c(F)c1)N1CCN(S(=O)(=O)c2cc(F)ccc2F)CC1. The molecule has 0 unspecified atom stereocenters. The third-order valence-corrected chi connectivity index (χ3v) is 6.49. The van der Waals surface area contributed by atoms with Crippen LogP contribution in [0.3, 0.4) is 0 Å². The summed E-state index contributed by atoms with van der Waals surface area (Å²) < 4.78 is 72.0. The molecule has 31 heavy (non-hydrogen) atoms. The van der Waals surface area contributed by atoms with Crippen LogP contribution in [0.15, 0.2) is 41.3 Å². The first-order chi connectivity index (χ1) is 14.6. The van der Waals surface area contributed by atoms with Crippen LogP contribution >= 0.6 is 0 Å². The van der Waals surface area contributed by atoms with Crippen molar-refractivity contribution in [2.75, 3.05) is 32.8 Å². The summed E-state index contributed by atoms with van der Waals surface area (Å²) in [6, 6.07) is 4.96. The Bertz CT molecular complexity index is 1120. The number of halogens is 3. The molecular formula is C18H16F3N3O6S. The van der Waals surface area contributed by atoms with E-state index in [4.69, 9.17) is 4.74 Å². The van der Waals surface area contributed by atoms with Crippen LogP contribution in [0.2, 0.25) is 0 Å². The molecule has 1 amide bonds. The molecule has 9 nitrogen and oxygen atoms in total. The average Bonchev–Trinajstić information content (AvgIpc) is 2.73. The van der Waals surface area contributed by atoms with Gasteiger partial charge in [-0.1, -0.05) is 0 Å². The number of benzene rings is 2. The summed E-state index contributed by atoms with van der Waals surface area (Å²) in [4.78, 5) is 22.5. The van der Waals surface area contributed by atoms with Gasteiger partial charge in [-0.25, -0.2) is 17.2 Å². The van der Waals surface area contributed by atoms with Crippen molar-refractivity contribution in [2.24, 2.45) is 0 Å². The zero-order valence-corrected chi connectivity index (χ0v) is 16.6. The number of hydrogen-bond acceptors (Lipinski definition) is 6. The fraction of sp³-hybridized carbons (Fsp3) is 0.278. The second kappa shape index (κ2) is 8.89. The van der Waals surface area contributed by atoms with E-state index in [-0.39, 0.29) is 31.9 Å². The highest BCUT2D eigenvalue weighted by molar-refractivity contribution is 7.89. The molecule has 1 saturated heterocycles. The van der Waals surface area contributed by atoms with E-state index in [2.05, 4.69) is 0 Å². The number of nitro benzene ring substituents is 1. The number of carbonyl (C=O) groups excluding carboxylic acids is 1. The maximum Gasteiger partial charge on any atom is 0.305 e. The van der Waals surface area contributed by atoms with Crippen molar-refractivity contribution in [3.8, 4) is 5.75 Å². The van der Waals surface area contributed by atoms with Crippen molar-refractivity contribution >= 4 is 21.6 Å². The van der Waals surface area contributed by atoms with E-state index in [1.165, 1.54) is 4.90 Å². The molecule has 1 aliphatic heterocycles. The Kier molecular flexibility index (Phi) is 6.45. The molecule has 13 heteroatoms. The van der Waals surface area contributed by atoms with Gasteiger partial charge in [-0.15, -0.1) is 0 Å². The van der Waals surface area contributed by atoms with Gasteiger partial charge in [-0.05, 0) is 24.3 Å². The van der Waals surface area contributed by atoms with Crippen molar-refractivity contribution in [1.29, 1.82) is 0 Å². The van der Waals surface area contributed by atoms with Crippen LogP contribution < -0.4 is 4.74 Å². The van der Waals surface area contributed by atoms with Gasteiger partial charge < -0.3 is 9.64 Å². The lowest BCUT2D eigenvalue weighted by atomic mass is 10.3. The third kappa shape index (κ3) is 4.94. The number of sulfonamides is 1. The molecule has 2 aromatic carbocycles. The Morgan fingerprint density at radius 3 is 2.32 bits per heavy atom. The molecule has 1 fully saturated rings. The molecule has 0 aliphatic carbocycles. The second-order valence-corrected chi connectivity index (χ2v) is 8.42. The predicted octanol–water partition coefficient (Wildman–Crippen LogP) is 1.92. The number of ether oxygens (including phenoxy) is 1. The Morgan fingerprint density at radius 1 is 1.03 bits per heavy atom. The van der Waals surface area contributed by atoms with Gasteiger partial charge in [0.1, 0.15) is 22.3 Å². The van der Waals surface area contributed by atoms with Crippen molar-refractivity contribution in [3.63, 3.8) is 0 Å². The summed E-state index contributed by atoms with van der Waals surface area (Å²) in [5, 5.41) is 10.6. The first kappa shape index (κ1) is 22.5. The molecule has 1 heterocycles. The van der Waals surface area contributed by atoms with Crippen LogP contribution in [0.4, 0.5) is 18.9 Å². The van der Waals surface area contributed by atoms with E-state index in [1.54, 1.807) is 0 Å². The normalized spacial score (nSPS) is 15.0. The minimum absolute atomic E-state index is 0.0209. The van der Waals surface area contributed by atoms with E-state index in [9.17, 15) is 36.5 Å². The third-order valence-electron chi connectivity index (χ3n) is 4.58. The van der Waals surface area contributed by atoms with Gasteiger partial charge in [0.25, 0.3) is 5.91 Å². The summed E-state index contributed by atoms with van der Waals surface area (Å²) in [7, 11) is -4.28. The van der Waals surface area contributed by atoms with Crippen LogP contribution in [0.25, 0.3) is 0 Å². The number of hydrogen-bond donors (Lipinski definition) is 0. The number of carbonyl (C=O) groups is 1. The lowest BCUT2D eigenvalue weighted by Gasteiger charge is -2.34. The van der Waals surface area contributed by atoms with E-state index >= 15 is 0 Å². The van der Waals surface area contributed by atoms with E-state index in [0.717, 1.165) is 34.6 Å². The topological polar surface area (TPSA) is 110 Å². The Morgan fingerprint density at radius 2 is 1.71 bits per heavy atom. The molecule has 1 aliphatic rings. The van der Waals surface area contributed by atoms with Gasteiger partial charge in [0.05, 0.1) is 4.92 Å². The molecule has 2 aromatic rings.